The monoisotopic (exact) mass is 141 g/mol. The molecule has 2 heteroatoms. The fourth-order valence-electron chi connectivity index (χ4n) is 1.27. The molecule has 0 N–H and O–H groups in total. The van der Waals surface area contributed by atoms with Gasteiger partial charge in [0.25, 0.3) is 0 Å². The topological polar surface area (TPSA) is 12.5 Å². The molecule has 10 heavy (non-hydrogen) atoms. The predicted molar refractivity (Wildman–Crippen MR) is 41.6 cm³/mol. The van der Waals surface area contributed by atoms with Crippen molar-refractivity contribution < 1.29 is 4.74 Å². The summed E-state index contributed by atoms with van der Waals surface area (Å²) in [6.07, 6.45) is 3.27. The summed E-state index contributed by atoms with van der Waals surface area (Å²) in [6, 6.07) is 0.564. The van der Waals surface area contributed by atoms with Gasteiger partial charge < -0.3 is 9.64 Å². The molecule has 0 aromatic rings. The quantitative estimate of drug-likeness (QED) is 0.579. The van der Waals surface area contributed by atoms with E-state index in [4.69, 9.17) is 4.74 Å². The second-order valence-electron chi connectivity index (χ2n) is 2.82. The summed E-state index contributed by atoms with van der Waals surface area (Å²) in [6.45, 7) is 5.47. The maximum atomic E-state index is 5.17. The van der Waals surface area contributed by atoms with E-state index in [1.54, 1.807) is 7.11 Å². The zero-order valence-corrected chi connectivity index (χ0v) is 6.92. The Bertz CT molecular complexity index is 140. The van der Waals surface area contributed by atoms with Gasteiger partial charge in [-0.1, -0.05) is 0 Å². The van der Waals surface area contributed by atoms with Gasteiger partial charge in [-0.25, -0.2) is 0 Å². The summed E-state index contributed by atoms with van der Waals surface area (Å²) in [4.78, 5) is 2.26. The van der Waals surface area contributed by atoms with Crippen molar-refractivity contribution in [1.82, 2.24) is 4.90 Å². The third kappa shape index (κ3) is 1.25. The second-order valence-corrected chi connectivity index (χ2v) is 2.82. The Morgan fingerprint density at radius 2 is 2.30 bits per heavy atom. The molecule has 0 aromatic heterocycles. The van der Waals surface area contributed by atoms with Gasteiger partial charge >= 0.3 is 0 Å². The highest BCUT2D eigenvalue weighted by Crippen LogP contribution is 2.17. The molecule has 0 spiro atoms. The van der Waals surface area contributed by atoms with E-state index < -0.39 is 0 Å². The van der Waals surface area contributed by atoms with E-state index in [1.807, 2.05) is 0 Å². The number of hydrogen-bond donors (Lipinski definition) is 0. The van der Waals surface area contributed by atoms with Crippen LogP contribution in [-0.2, 0) is 4.74 Å². The molecule has 0 atom stereocenters. The van der Waals surface area contributed by atoms with E-state index in [-0.39, 0.29) is 0 Å². The van der Waals surface area contributed by atoms with Crippen molar-refractivity contribution in [1.29, 1.82) is 0 Å². The fraction of sp³-hybridized carbons (Fsp3) is 0.750. The van der Waals surface area contributed by atoms with Crippen LogP contribution >= 0.6 is 0 Å². The first kappa shape index (κ1) is 7.45. The van der Waals surface area contributed by atoms with Crippen molar-refractivity contribution in [2.45, 2.75) is 26.3 Å². The third-order valence-corrected chi connectivity index (χ3v) is 1.80. The lowest BCUT2D eigenvalue weighted by Gasteiger charge is -2.24. The van der Waals surface area contributed by atoms with Gasteiger partial charge in [0, 0.05) is 12.6 Å². The van der Waals surface area contributed by atoms with Crippen LogP contribution in [0.15, 0.2) is 12.0 Å². The minimum Gasteiger partial charge on any atom is -0.483 e. The number of hydrogen-bond acceptors (Lipinski definition) is 2. The zero-order chi connectivity index (χ0) is 7.56. The maximum absolute atomic E-state index is 5.17. The van der Waals surface area contributed by atoms with Crippen LogP contribution < -0.4 is 0 Å². The van der Waals surface area contributed by atoms with Crippen molar-refractivity contribution in [2.75, 3.05) is 13.7 Å². The highest BCUT2D eigenvalue weighted by atomic mass is 16.5. The molecule has 0 unspecified atom stereocenters. The van der Waals surface area contributed by atoms with Gasteiger partial charge in [0.1, 0.15) is 0 Å². The molecule has 0 saturated heterocycles. The molecule has 0 amide bonds. The molecule has 0 fully saturated rings. The van der Waals surface area contributed by atoms with E-state index in [2.05, 4.69) is 24.8 Å². The molecule has 0 bridgehead atoms. The number of ether oxygens (including phenoxy) is 1. The lowest BCUT2D eigenvalue weighted by atomic mass is 10.3. The molecule has 58 valence electrons. The fourth-order valence-corrected chi connectivity index (χ4v) is 1.27. The molecule has 1 heterocycles. The van der Waals surface area contributed by atoms with Crippen molar-refractivity contribution in [3.8, 4) is 0 Å². The van der Waals surface area contributed by atoms with Crippen molar-refractivity contribution >= 4 is 0 Å². The Balaban J connectivity index is 2.54. The lowest BCUT2D eigenvalue weighted by molar-refractivity contribution is 0.146. The van der Waals surface area contributed by atoms with Crippen LogP contribution in [0.1, 0.15) is 20.3 Å². The van der Waals surface area contributed by atoms with E-state index in [9.17, 15) is 0 Å². The Morgan fingerprint density at radius 3 is 2.70 bits per heavy atom. The van der Waals surface area contributed by atoms with E-state index in [0.29, 0.717) is 6.04 Å². The van der Waals surface area contributed by atoms with Gasteiger partial charge in [0.15, 0.2) is 5.88 Å². The third-order valence-electron chi connectivity index (χ3n) is 1.80. The van der Waals surface area contributed by atoms with Gasteiger partial charge in [0.05, 0.1) is 7.11 Å². The summed E-state index contributed by atoms with van der Waals surface area (Å²) in [5, 5.41) is 0. The Kier molecular flexibility index (Phi) is 2.20. The van der Waals surface area contributed by atoms with Crippen LogP contribution in [0.4, 0.5) is 0 Å². The Morgan fingerprint density at radius 1 is 1.60 bits per heavy atom. The molecule has 1 aliphatic rings. The molecule has 2 nitrogen and oxygen atoms in total. The average Bonchev–Trinajstić information content (AvgIpc) is 2.33. The molecule has 1 rings (SSSR count). The van der Waals surface area contributed by atoms with Gasteiger partial charge in [-0.3, -0.25) is 0 Å². The van der Waals surface area contributed by atoms with Crippen molar-refractivity contribution in [2.24, 2.45) is 0 Å². The summed E-state index contributed by atoms with van der Waals surface area (Å²) >= 11 is 0. The van der Waals surface area contributed by atoms with Crippen LogP contribution in [0.2, 0.25) is 0 Å². The highest BCUT2D eigenvalue weighted by molar-refractivity contribution is 5.01. The van der Waals surface area contributed by atoms with Crippen LogP contribution in [-0.4, -0.2) is 24.6 Å². The lowest BCUT2D eigenvalue weighted by Crippen LogP contribution is -2.27. The Labute approximate surface area is 62.5 Å². The van der Waals surface area contributed by atoms with Crippen LogP contribution in [0.3, 0.4) is 0 Å². The van der Waals surface area contributed by atoms with Crippen molar-refractivity contribution in [3.05, 3.63) is 12.0 Å². The zero-order valence-electron chi connectivity index (χ0n) is 6.92. The largest absolute Gasteiger partial charge is 0.483 e. The van der Waals surface area contributed by atoms with E-state index >= 15 is 0 Å². The first-order valence-corrected chi connectivity index (χ1v) is 3.76. The smallest absolute Gasteiger partial charge is 0.185 e. The average molecular weight is 141 g/mol. The SMILES string of the molecule is COC1=CCCN1C(C)C. The molecule has 1 aliphatic heterocycles. The van der Waals surface area contributed by atoms with Crippen LogP contribution in [0, 0.1) is 0 Å². The molecule has 0 aliphatic carbocycles. The van der Waals surface area contributed by atoms with Gasteiger partial charge in [-0.05, 0) is 26.3 Å². The molecular formula is C8H15NO. The highest BCUT2D eigenvalue weighted by Gasteiger charge is 2.17. The molecular weight excluding hydrogens is 126 g/mol. The summed E-state index contributed by atoms with van der Waals surface area (Å²) in [5.41, 5.74) is 0. The molecule has 0 aromatic carbocycles. The molecule has 0 saturated carbocycles. The van der Waals surface area contributed by atoms with Crippen LogP contribution in [0.5, 0.6) is 0 Å². The van der Waals surface area contributed by atoms with E-state index in [0.717, 1.165) is 18.8 Å². The normalized spacial score (nSPS) is 18.0. The first-order chi connectivity index (χ1) is 4.75. The standard InChI is InChI=1S/C8H15NO/c1-7(2)9-6-4-5-8(9)10-3/h5,7H,4,6H2,1-3H3. The second kappa shape index (κ2) is 2.95. The molecule has 0 radical (unpaired) electrons. The Hall–Kier alpha value is -0.660. The van der Waals surface area contributed by atoms with Crippen molar-refractivity contribution in [3.63, 3.8) is 0 Å². The van der Waals surface area contributed by atoms with Crippen LogP contribution in [0.25, 0.3) is 0 Å². The summed E-state index contributed by atoms with van der Waals surface area (Å²) in [5.74, 6) is 1.04. The minimum atomic E-state index is 0.564. The summed E-state index contributed by atoms with van der Waals surface area (Å²) in [7, 11) is 1.73. The van der Waals surface area contributed by atoms with Gasteiger partial charge in [-0.15, -0.1) is 0 Å². The first-order valence-electron chi connectivity index (χ1n) is 3.76. The number of rotatable bonds is 2. The maximum Gasteiger partial charge on any atom is 0.185 e. The predicted octanol–water partition coefficient (Wildman–Crippen LogP) is 1.59. The number of nitrogens with zero attached hydrogens (tertiary/aromatic N) is 1. The van der Waals surface area contributed by atoms with Gasteiger partial charge in [0.2, 0.25) is 0 Å². The van der Waals surface area contributed by atoms with Gasteiger partial charge in [-0.2, -0.15) is 0 Å². The minimum absolute atomic E-state index is 0.564. The summed E-state index contributed by atoms with van der Waals surface area (Å²) < 4.78 is 5.17. The van der Waals surface area contributed by atoms with E-state index in [1.165, 1.54) is 0 Å². The number of methoxy groups -OCH3 is 1.